The van der Waals surface area contributed by atoms with Crippen LogP contribution in [0.3, 0.4) is 0 Å². The maximum Gasteiger partial charge on any atom is 0.243 e. The Morgan fingerprint density at radius 3 is 2.60 bits per heavy atom. The molecule has 2 heterocycles. The van der Waals surface area contributed by atoms with Gasteiger partial charge in [-0.15, -0.1) is 0 Å². The van der Waals surface area contributed by atoms with Gasteiger partial charge in [0.2, 0.25) is 15.9 Å². The first-order chi connectivity index (χ1) is 12.1. The minimum absolute atomic E-state index is 0.0229. The fourth-order valence-electron chi connectivity index (χ4n) is 3.12. The molecule has 1 aromatic carbocycles. The number of sulfonamides is 1. The first kappa shape index (κ1) is 18.3. The van der Waals surface area contributed by atoms with Gasteiger partial charge < -0.3 is 15.4 Å². The van der Waals surface area contributed by atoms with Gasteiger partial charge in [0.15, 0.2) is 0 Å². The molecule has 138 valence electrons. The summed E-state index contributed by atoms with van der Waals surface area (Å²) in [6.07, 6.45) is 1.93. The second kappa shape index (κ2) is 8.27. The van der Waals surface area contributed by atoms with Crippen LogP contribution >= 0.6 is 0 Å². The number of carbonyl (C=O) groups excluding carboxylic acids is 1. The van der Waals surface area contributed by atoms with Gasteiger partial charge in [0.25, 0.3) is 0 Å². The summed E-state index contributed by atoms with van der Waals surface area (Å²) < 4.78 is 31.8. The summed E-state index contributed by atoms with van der Waals surface area (Å²) in [4.78, 5) is 12.4. The van der Waals surface area contributed by atoms with Crippen molar-refractivity contribution < 1.29 is 17.9 Å². The number of hydrogen-bond donors (Lipinski definition) is 2. The molecule has 8 heteroatoms. The standard InChI is InChI=1S/C17H25N3O4S/c21-17(15-2-1-7-18-13-15)19-12-14-3-5-16(6-4-14)25(22,23)20-8-10-24-11-9-20/h3-6,15,18H,1-2,7-13H2,(H,19,21). The van der Waals surface area contributed by atoms with Crippen LogP contribution in [-0.4, -0.2) is 58.0 Å². The molecule has 1 unspecified atom stereocenters. The van der Waals surface area contributed by atoms with Crippen LogP contribution in [0.1, 0.15) is 18.4 Å². The summed E-state index contributed by atoms with van der Waals surface area (Å²) in [7, 11) is -3.47. The number of hydrogen-bond acceptors (Lipinski definition) is 5. The zero-order valence-corrected chi connectivity index (χ0v) is 15.1. The second-order valence-corrected chi connectivity index (χ2v) is 8.36. The molecule has 2 aliphatic rings. The summed E-state index contributed by atoms with van der Waals surface area (Å²) >= 11 is 0. The van der Waals surface area contributed by atoms with Crippen LogP contribution in [-0.2, 0) is 26.1 Å². The van der Waals surface area contributed by atoms with Gasteiger partial charge in [-0.25, -0.2) is 8.42 Å². The third kappa shape index (κ3) is 4.58. The van der Waals surface area contributed by atoms with Gasteiger partial charge in [0, 0.05) is 26.2 Å². The molecule has 0 radical (unpaired) electrons. The van der Waals surface area contributed by atoms with Crippen molar-refractivity contribution in [2.45, 2.75) is 24.3 Å². The number of nitrogens with one attached hydrogen (secondary N) is 2. The van der Waals surface area contributed by atoms with Gasteiger partial charge in [-0.2, -0.15) is 4.31 Å². The highest BCUT2D eigenvalue weighted by atomic mass is 32.2. The van der Waals surface area contributed by atoms with Crippen LogP contribution in [0.15, 0.2) is 29.2 Å². The number of ether oxygens (including phenoxy) is 1. The van der Waals surface area contributed by atoms with Crippen molar-refractivity contribution in [2.24, 2.45) is 5.92 Å². The largest absolute Gasteiger partial charge is 0.379 e. The third-order valence-corrected chi connectivity index (χ3v) is 6.58. The topological polar surface area (TPSA) is 87.7 Å². The van der Waals surface area contributed by atoms with Crippen molar-refractivity contribution in [3.63, 3.8) is 0 Å². The van der Waals surface area contributed by atoms with Crippen LogP contribution in [0, 0.1) is 5.92 Å². The molecule has 3 rings (SSSR count). The second-order valence-electron chi connectivity index (χ2n) is 6.42. The van der Waals surface area contributed by atoms with Gasteiger partial charge in [0.1, 0.15) is 0 Å². The Bertz CT molecular complexity index is 678. The molecule has 0 spiro atoms. The molecule has 0 bridgehead atoms. The Hall–Kier alpha value is -1.48. The third-order valence-electron chi connectivity index (χ3n) is 4.67. The predicted octanol–water partition coefficient (Wildman–Crippen LogP) is 0.323. The Morgan fingerprint density at radius 2 is 1.96 bits per heavy atom. The minimum atomic E-state index is -3.47. The van der Waals surface area contributed by atoms with E-state index < -0.39 is 10.0 Å². The lowest BCUT2D eigenvalue weighted by atomic mass is 9.99. The molecule has 2 saturated heterocycles. The van der Waals surface area contributed by atoms with E-state index in [1.807, 2.05) is 0 Å². The fraction of sp³-hybridized carbons (Fsp3) is 0.588. The van der Waals surface area contributed by atoms with Crippen LogP contribution < -0.4 is 10.6 Å². The van der Waals surface area contributed by atoms with Crippen molar-refractivity contribution in [3.8, 4) is 0 Å². The number of piperidine rings is 1. The number of nitrogens with zero attached hydrogens (tertiary/aromatic N) is 1. The lowest BCUT2D eigenvalue weighted by molar-refractivity contribution is -0.125. The molecule has 1 atom stereocenters. The Labute approximate surface area is 148 Å². The predicted molar refractivity (Wildman–Crippen MR) is 93.5 cm³/mol. The SMILES string of the molecule is O=C(NCc1ccc(S(=O)(=O)N2CCOCC2)cc1)C1CCCNC1. The lowest BCUT2D eigenvalue weighted by Crippen LogP contribution is -2.40. The summed E-state index contributed by atoms with van der Waals surface area (Å²) in [5.74, 6) is 0.0759. The van der Waals surface area contributed by atoms with Gasteiger partial charge in [-0.1, -0.05) is 12.1 Å². The average Bonchev–Trinajstić information content (AvgIpc) is 2.68. The summed E-state index contributed by atoms with van der Waals surface area (Å²) in [5, 5.41) is 6.16. The molecule has 1 aromatic rings. The van der Waals surface area contributed by atoms with Crippen molar-refractivity contribution in [2.75, 3.05) is 39.4 Å². The summed E-state index contributed by atoms with van der Waals surface area (Å²) in [6, 6.07) is 6.72. The molecular formula is C17H25N3O4S. The molecule has 2 fully saturated rings. The van der Waals surface area contributed by atoms with Gasteiger partial charge >= 0.3 is 0 Å². The van der Waals surface area contributed by atoms with Crippen LogP contribution in [0.4, 0.5) is 0 Å². The maximum atomic E-state index is 12.6. The van der Waals surface area contributed by atoms with Crippen LogP contribution in [0.25, 0.3) is 0 Å². The van der Waals surface area contributed by atoms with Crippen molar-refractivity contribution in [1.29, 1.82) is 0 Å². The van der Waals surface area contributed by atoms with E-state index in [1.165, 1.54) is 4.31 Å². The van der Waals surface area contributed by atoms with Crippen molar-refractivity contribution in [1.82, 2.24) is 14.9 Å². The lowest BCUT2D eigenvalue weighted by Gasteiger charge is -2.26. The first-order valence-electron chi connectivity index (χ1n) is 8.72. The molecule has 7 nitrogen and oxygen atoms in total. The summed E-state index contributed by atoms with van der Waals surface area (Å²) in [6.45, 7) is 3.74. The van der Waals surface area contributed by atoms with E-state index in [9.17, 15) is 13.2 Å². The molecular weight excluding hydrogens is 342 g/mol. The van der Waals surface area contributed by atoms with Gasteiger partial charge in [-0.3, -0.25) is 4.79 Å². The van der Waals surface area contributed by atoms with Crippen molar-refractivity contribution >= 4 is 15.9 Å². The number of amides is 1. The average molecular weight is 367 g/mol. The zero-order valence-electron chi connectivity index (χ0n) is 14.2. The highest BCUT2D eigenvalue weighted by molar-refractivity contribution is 7.89. The fourth-order valence-corrected chi connectivity index (χ4v) is 4.53. The highest BCUT2D eigenvalue weighted by Gasteiger charge is 2.26. The quantitative estimate of drug-likeness (QED) is 0.783. The Morgan fingerprint density at radius 1 is 1.24 bits per heavy atom. The Kier molecular flexibility index (Phi) is 6.06. The summed E-state index contributed by atoms with van der Waals surface area (Å²) in [5.41, 5.74) is 0.887. The van der Waals surface area contributed by atoms with Crippen molar-refractivity contribution in [3.05, 3.63) is 29.8 Å². The molecule has 0 aromatic heterocycles. The molecule has 0 aliphatic carbocycles. The van der Waals surface area contributed by atoms with E-state index in [-0.39, 0.29) is 16.7 Å². The molecule has 25 heavy (non-hydrogen) atoms. The molecule has 2 aliphatic heterocycles. The number of carbonyl (C=O) groups is 1. The van der Waals surface area contributed by atoms with E-state index in [2.05, 4.69) is 10.6 Å². The molecule has 0 saturated carbocycles. The minimum Gasteiger partial charge on any atom is -0.379 e. The van der Waals surface area contributed by atoms with E-state index in [0.717, 1.165) is 31.5 Å². The van der Waals surface area contributed by atoms with E-state index in [4.69, 9.17) is 4.74 Å². The molecule has 1 amide bonds. The number of rotatable bonds is 5. The number of morpholine rings is 1. The van der Waals surface area contributed by atoms with Gasteiger partial charge in [0.05, 0.1) is 24.0 Å². The Balaban J connectivity index is 1.57. The maximum absolute atomic E-state index is 12.6. The van der Waals surface area contributed by atoms with Crippen LogP contribution in [0.2, 0.25) is 0 Å². The zero-order chi connectivity index (χ0) is 17.7. The highest BCUT2D eigenvalue weighted by Crippen LogP contribution is 2.18. The van der Waals surface area contributed by atoms with Crippen LogP contribution in [0.5, 0.6) is 0 Å². The normalized spacial score (nSPS) is 22.5. The number of benzene rings is 1. The smallest absolute Gasteiger partial charge is 0.243 e. The first-order valence-corrected chi connectivity index (χ1v) is 10.2. The molecule has 2 N–H and O–H groups in total. The van der Waals surface area contributed by atoms with Gasteiger partial charge in [-0.05, 0) is 37.1 Å². The van der Waals surface area contributed by atoms with E-state index >= 15 is 0 Å². The monoisotopic (exact) mass is 367 g/mol. The van der Waals surface area contributed by atoms with E-state index in [1.54, 1.807) is 24.3 Å². The van der Waals surface area contributed by atoms with E-state index in [0.29, 0.717) is 32.8 Å².